The molecule has 3 nitrogen and oxygen atoms in total. The number of ether oxygens (including phenoxy) is 2. The molecule has 0 saturated carbocycles. The van der Waals surface area contributed by atoms with Crippen LogP contribution in [0.3, 0.4) is 0 Å². The Hall–Kier alpha value is -1.22. The van der Waals surface area contributed by atoms with Crippen LogP contribution in [0.15, 0.2) is 18.2 Å². The van der Waals surface area contributed by atoms with Crippen molar-refractivity contribution in [3.63, 3.8) is 0 Å². The molecule has 106 valence electrons. The molecule has 1 aromatic carbocycles. The standard InChI is InChI=1S/C16H25NO2/c1-11(2)14(10-17-12(3)4)13-5-6-15-16(9-13)19-8-7-18-15/h5-6,9,11-12,14,17H,7-8,10H2,1-4H3. The molecule has 0 amide bonds. The number of hydrogen-bond donors (Lipinski definition) is 1. The van der Waals surface area contributed by atoms with Gasteiger partial charge in [-0.3, -0.25) is 0 Å². The topological polar surface area (TPSA) is 30.5 Å². The lowest BCUT2D eigenvalue weighted by molar-refractivity contribution is 0.171. The third kappa shape index (κ3) is 3.63. The van der Waals surface area contributed by atoms with Gasteiger partial charge in [0.15, 0.2) is 11.5 Å². The first-order valence-corrected chi connectivity index (χ1v) is 7.21. The monoisotopic (exact) mass is 263 g/mol. The van der Waals surface area contributed by atoms with Gasteiger partial charge in [-0.1, -0.05) is 33.8 Å². The molecule has 3 heteroatoms. The van der Waals surface area contributed by atoms with Crippen molar-refractivity contribution in [3.05, 3.63) is 23.8 Å². The van der Waals surface area contributed by atoms with E-state index < -0.39 is 0 Å². The Morgan fingerprint density at radius 2 is 1.74 bits per heavy atom. The highest BCUT2D eigenvalue weighted by atomic mass is 16.6. The molecule has 19 heavy (non-hydrogen) atoms. The van der Waals surface area contributed by atoms with Crippen LogP contribution in [0.25, 0.3) is 0 Å². The molecule has 2 rings (SSSR count). The Bertz CT molecular complexity index is 415. The lowest BCUT2D eigenvalue weighted by atomic mass is 9.88. The number of rotatable bonds is 5. The summed E-state index contributed by atoms with van der Waals surface area (Å²) in [5, 5.41) is 3.53. The molecule has 0 aromatic heterocycles. The largest absolute Gasteiger partial charge is 0.486 e. The lowest BCUT2D eigenvalue weighted by Gasteiger charge is -2.25. The summed E-state index contributed by atoms with van der Waals surface area (Å²) in [6.45, 7) is 11.2. The van der Waals surface area contributed by atoms with Gasteiger partial charge in [-0.25, -0.2) is 0 Å². The van der Waals surface area contributed by atoms with Crippen LogP contribution in [-0.4, -0.2) is 25.8 Å². The summed E-state index contributed by atoms with van der Waals surface area (Å²) in [5.41, 5.74) is 1.33. The van der Waals surface area contributed by atoms with Gasteiger partial charge in [0.2, 0.25) is 0 Å². The van der Waals surface area contributed by atoms with E-state index in [2.05, 4.69) is 45.1 Å². The molecule has 1 aliphatic rings. The number of benzene rings is 1. The summed E-state index contributed by atoms with van der Waals surface area (Å²) >= 11 is 0. The minimum absolute atomic E-state index is 0.498. The highest BCUT2D eigenvalue weighted by Gasteiger charge is 2.19. The Morgan fingerprint density at radius 1 is 1.05 bits per heavy atom. The van der Waals surface area contributed by atoms with Crippen molar-refractivity contribution >= 4 is 0 Å². The summed E-state index contributed by atoms with van der Waals surface area (Å²) in [4.78, 5) is 0. The van der Waals surface area contributed by atoms with E-state index in [4.69, 9.17) is 9.47 Å². The van der Waals surface area contributed by atoms with E-state index in [1.807, 2.05) is 6.07 Å². The molecular weight excluding hydrogens is 238 g/mol. The summed E-state index contributed by atoms with van der Waals surface area (Å²) in [6.07, 6.45) is 0. The van der Waals surface area contributed by atoms with Gasteiger partial charge in [-0.2, -0.15) is 0 Å². The normalized spacial score (nSPS) is 15.9. The second kappa shape index (κ2) is 6.29. The Morgan fingerprint density at radius 3 is 2.37 bits per heavy atom. The number of fused-ring (bicyclic) bond motifs is 1. The van der Waals surface area contributed by atoms with Crippen LogP contribution in [0.1, 0.15) is 39.2 Å². The molecule has 0 radical (unpaired) electrons. The van der Waals surface area contributed by atoms with Gasteiger partial charge in [-0.05, 0) is 29.5 Å². The molecule has 1 aromatic rings. The van der Waals surface area contributed by atoms with Gasteiger partial charge in [0, 0.05) is 12.6 Å². The average molecular weight is 263 g/mol. The highest BCUT2D eigenvalue weighted by Crippen LogP contribution is 2.35. The third-order valence-corrected chi connectivity index (χ3v) is 3.55. The molecule has 1 N–H and O–H groups in total. The summed E-state index contributed by atoms with van der Waals surface area (Å²) in [5.74, 6) is 2.85. The van der Waals surface area contributed by atoms with Crippen LogP contribution >= 0.6 is 0 Å². The van der Waals surface area contributed by atoms with Crippen molar-refractivity contribution in [2.45, 2.75) is 39.7 Å². The molecule has 0 aliphatic carbocycles. The summed E-state index contributed by atoms with van der Waals surface area (Å²) in [7, 11) is 0. The van der Waals surface area contributed by atoms with Crippen molar-refractivity contribution in [2.75, 3.05) is 19.8 Å². The molecule has 1 unspecified atom stereocenters. The maximum Gasteiger partial charge on any atom is 0.161 e. The number of nitrogens with one attached hydrogen (secondary N) is 1. The van der Waals surface area contributed by atoms with Crippen LogP contribution in [-0.2, 0) is 0 Å². The van der Waals surface area contributed by atoms with Crippen molar-refractivity contribution in [1.82, 2.24) is 5.32 Å². The Labute approximate surface area is 116 Å². The quantitative estimate of drug-likeness (QED) is 0.885. The SMILES string of the molecule is CC(C)NCC(c1ccc2c(c1)OCCO2)C(C)C. The molecule has 0 bridgehead atoms. The molecule has 1 aliphatic heterocycles. The van der Waals surface area contributed by atoms with E-state index in [1.165, 1.54) is 5.56 Å². The Kier molecular flexibility index (Phi) is 4.70. The summed E-state index contributed by atoms with van der Waals surface area (Å²) < 4.78 is 11.3. The van der Waals surface area contributed by atoms with E-state index in [0.717, 1.165) is 18.0 Å². The molecule has 1 heterocycles. The predicted molar refractivity (Wildman–Crippen MR) is 78.1 cm³/mol. The fourth-order valence-electron chi connectivity index (χ4n) is 2.39. The van der Waals surface area contributed by atoms with Crippen LogP contribution in [0.5, 0.6) is 11.5 Å². The van der Waals surface area contributed by atoms with Gasteiger partial charge in [-0.15, -0.1) is 0 Å². The minimum atomic E-state index is 0.498. The van der Waals surface area contributed by atoms with Crippen LogP contribution in [0, 0.1) is 5.92 Å². The Balaban J connectivity index is 2.16. The van der Waals surface area contributed by atoms with Gasteiger partial charge < -0.3 is 14.8 Å². The van der Waals surface area contributed by atoms with Crippen molar-refractivity contribution in [1.29, 1.82) is 0 Å². The second-order valence-electron chi connectivity index (χ2n) is 5.82. The second-order valence-corrected chi connectivity index (χ2v) is 5.82. The van der Waals surface area contributed by atoms with Gasteiger partial charge in [0.25, 0.3) is 0 Å². The maximum absolute atomic E-state index is 5.67. The number of hydrogen-bond acceptors (Lipinski definition) is 3. The van der Waals surface area contributed by atoms with E-state index in [0.29, 0.717) is 31.1 Å². The van der Waals surface area contributed by atoms with Crippen molar-refractivity contribution in [2.24, 2.45) is 5.92 Å². The average Bonchev–Trinajstić information content (AvgIpc) is 2.38. The minimum Gasteiger partial charge on any atom is -0.486 e. The third-order valence-electron chi connectivity index (χ3n) is 3.55. The first-order valence-electron chi connectivity index (χ1n) is 7.21. The van der Waals surface area contributed by atoms with Gasteiger partial charge >= 0.3 is 0 Å². The molecule has 1 atom stereocenters. The van der Waals surface area contributed by atoms with E-state index >= 15 is 0 Å². The molecule has 0 fully saturated rings. The zero-order valence-electron chi connectivity index (χ0n) is 12.4. The van der Waals surface area contributed by atoms with Crippen LogP contribution in [0.2, 0.25) is 0 Å². The van der Waals surface area contributed by atoms with Crippen LogP contribution in [0.4, 0.5) is 0 Å². The van der Waals surface area contributed by atoms with Gasteiger partial charge in [0.05, 0.1) is 0 Å². The van der Waals surface area contributed by atoms with Gasteiger partial charge in [0.1, 0.15) is 13.2 Å². The fraction of sp³-hybridized carbons (Fsp3) is 0.625. The smallest absolute Gasteiger partial charge is 0.161 e. The molecule has 0 spiro atoms. The summed E-state index contributed by atoms with van der Waals surface area (Å²) in [6, 6.07) is 6.86. The highest BCUT2D eigenvalue weighted by molar-refractivity contribution is 5.45. The van der Waals surface area contributed by atoms with E-state index in [-0.39, 0.29) is 0 Å². The first-order chi connectivity index (χ1) is 9.08. The fourth-order valence-corrected chi connectivity index (χ4v) is 2.39. The zero-order valence-corrected chi connectivity index (χ0v) is 12.4. The molecular formula is C16H25NO2. The van der Waals surface area contributed by atoms with E-state index in [1.54, 1.807) is 0 Å². The van der Waals surface area contributed by atoms with Crippen molar-refractivity contribution in [3.8, 4) is 11.5 Å². The molecule has 0 saturated heterocycles. The predicted octanol–water partition coefficient (Wildman–Crippen LogP) is 3.20. The maximum atomic E-state index is 5.67. The zero-order chi connectivity index (χ0) is 13.8. The van der Waals surface area contributed by atoms with E-state index in [9.17, 15) is 0 Å². The van der Waals surface area contributed by atoms with Crippen molar-refractivity contribution < 1.29 is 9.47 Å². The van der Waals surface area contributed by atoms with Crippen LogP contribution < -0.4 is 14.8 Å². The lowest BCUT2D eigenvalue weighted by Crippen LogP contribution is -2.30. The first kappa shape index (κ1) is 14.2.